The molecule has 1 aliphatic rings. The monoisotopic (exact) mass is 383 g/mol. The van der Waals surface area contributed by atoms with Crippen molar-refractivity contribution in [2.24, 2.45) is 0 Å². The van der Waals surface area contributed by atoms with Gasteiger partial charge < -0.3 is 16.0 Å². The van der Waals surface area contributed by atoms with Crippen LogP contribution in [0.15, 0.2) is 48.5 Å². The summed E-state index contributed by atoms with van der Waals surface area (Å²) >= 11 is 0. The van der Waals surface area contributed by atoms with Crippen molar-refractivity contribution < 1.29 is 14.0 Å². The van der Waals surface area contributed by atoms with Crippen LogP contribution < -0.4 is 16.0 Å². The van der Waals surface area contributed by atoms with E-state index in [1.54, 1.807) is 36.4 Å². The topological polar surface area (TPSA) is 70.2 Å². The van der Waals surface area contributed by atoms with E-state index in [0.29, 0.717) is 11.3 Å². The first-order valence-electron chi connectivity index (χ1n) is 9.64. The summed E-state index contributed by atoms with van der Waals surface area (Å²) in [6.45, 7) is 3.76. The van der Waals surface area contributed by atoms with Gasteiger partial charge in [0.05, 0.1) is 5.54 Å². The molecule has 1 aliphatic carbocycles. The lowest BCUT2D eigenvalue weighted by Gasteiger charge is -2.31. The zero-order chi connectivity index (χ0) is 20.1. The van der Waals surface area contributed by atoms with Crippen molar-refractivity contribution in [1.29, 1.82) is 0 Å². The lowest BCUT2D eigenvalue weighted by Crippen LogP contribution is -2.43. The van der Waals surface area contributed by atoms with E-state index in [0.717, 1.165) is 31.2 Å². The normalized spacial score (nSPS) is 15.3. The third-order valence-corrected chi connectivity index (χ3v) is 5.03. The molecule has 1 saturated carbocycles. The third kappa shape index (κ3) is 4.68. The van der Waals surface area contributed by atoms with Crippen molar-refractivity contribution in [3.63, 3.8) is 0 Å². The van der Waals surface area contributed by atoms with E-state index in [4.69, 9.17) is 0 Å². The van der Waals surface area contributed by atoms with Crippen LogP contribution in [0.5, 0.6) is 0 Å². The average molecular weight is 383 g/mol. The smallest absolute Gasteiger partial charge is 0.319 e. The van der Waals surface area contributed by atoms with E-state index in [-0.39, 0.29) is 23.8 Å². The molecular weight excluding hydrogens is 357 g/mol. The first-order valence-corrected chi connectivity index (χ1v) is 9.64. The van der Waals surface area contributed by atoms with Gasteiger partial charge in [0.2, 0.25) is 0 Å². The van der Waals surface area contributed by atoms with Gasteiger partial charge in [0.1, 0.15) is 5.82 Å². The van der Waals surface area contributed by atoms with E-state index in [1.165, 1.54) is 12.1 Å². The molecule has 148 valence electrons. The van der Waals surface area contributed by atoms with Gasteiger partial charge in [-0.3, -0.25) is 4.79 Å². The molecule has 0 atom stereocenters. The summed E-state index contributed by atoms with van der Waals surface area (Å²) in [7, 11) is 0. The molecule has 0 unspecified atom stereocenters. The number of hydrogen-bond donors (Lipinski definition) is 3. The van der Waals surface area contributed by atoms with Gasteiger partial charge in [-0.2, -0.15) is 0 Å². The Bertz CT molecular complexity index is 826. The van der Waals surface area contributed by atoms with Crippen LogP contribution >= 0.6 is 0 Å². The number of carbonyl (C=O) groups is 2. The van der Waals surface area contributed by atoms with Gasteiger partial charge in [-0.1, -0.05) is 25.0 Å². The van der Waals surface area contributed by atoms with Crippen LogP contribution in [0.25, 0.3) is 0 Å². The summed E-state index contributed by atoms with van der Waals surface area (Å²) < 4.78 is 13.3. The van der Waals surface area contributed by atoms with Crippen molar-refractivity contribution in [3.05, 3.63) is 65.5 Å². The molecule has 0 bridgehead atoms. The summed E-state index contributed by atoms with van der Waals surface area (Å²) in [4.78, 5) is 24.6. The minimum absolute atomic E-state index is 0.0408. The van der Waals surface area contributed by atoms with Crippen LogP contribution in [0.2, 0.25) is 0 Å². The molecule has 5 nitrogen and oxygen atoms in total. The van der Waals surface area contributed by atoms with Gasteiger partial charge in [0.25, 0.3) is 5.91 Å². The number of benzene rings is 2. The first-order chi connectivity index (χ1) is 13.4. The molecule has 0 heterocycles. The van der Waals surface area contributed by atoms with E-state index in [9.17, 15) is 14.0 Å². The Labute approximate surface area is 164 Å². The standard InChI is InChI=1S/C22H26FN3O2/c1-15(2)24-21(28)25-19-11-5-16(6-12-19)20(27)26-22(13-3-4-14-22)17-7-9-18(23)10-8-17/h5-12,15H,3-4,13-14H2,1-2H3,(H,26,27)(H2,24,25,28). The van der Waals surface area contributed by atoms with Gasteiger partial charge in [-0.05, 0) is 68.7 Å². The van der Waals surface area contributed by atoms with Crippen LogP contribution in [-0.2, 0) is 5.54 Å². The molecule has 28 heavy (non-hydrogen) atoms. The van der Waals surface area contributed by atoms with Crippen molar-refractivity contribution in [1.82, 2.24) is 10.6 Å². The molecule has 6 heteroatoms. The highest BCUT2D eigenvalue weighted by Crippen LogP contribution is 2.39. The van der Waals surface area contributed by atoms with E-state index in [1.807, 2.05) is 13.8 Å². The second-order valence-electron chi connectivity index (χ2n) is 7.58. The molecule has 3 rings (SSSR count). The second-order valence-corrected chi connectivity index (χ2v) is 7.58. The van der Waals surface area contributed by atoms with Gasteiger partial charge >= 0.3 is 6.03 Å². The minimum Gasteiger partial charge on any atom is -0.343 e. The predicted molar refractivity (Wildman–Crippen MR) is 108 cm³/mol. The molecule has 3 N–H and O–H groups in total. The molecular formula is C22H26FN3O2. The molecule has 0 aliphatic heterocycles. The molecule has 2 aromatic rings. The fraction of sp³-hybridized carbons (Fsp3) is 0.364. The number of anilines is 1. The summed E-state index contributed by atoms with van der Waals surface area (Å²) in [6, 6.07) is 12.9. The maximum absolute atomic E-state index is 13.3. The molecule has 1 fully saturated rings. The van der Waals surface area contributed by atoms with E-state index < -0.39 is 5.54 Å². The average Bonchev–Trinajstić information content (AvgIpc) is 3.11. The zero-order valence-electron chi connectivity index (χ0n) is 16.2. The predicted octanol–water partition coefficient (Wildman–Crippen LogP) is 4.55. The quantitative estimate of drug-likeness (QED) is 0.709. The van der Waals surface area contributed by atoms with Crippen LogP contribution in [0.4, 0.5) is 14.9 Å². The highest BCUT2D eigenvalue weighted by atomic mass is 19.1. The number of carbonyl (C=O) groups excluding carboxylic acids is 2. The van der Waals surface area contributed by atoms with Crippen molar-refractivity contribution in [3.8, 4) is 0 Å². The van der Waals surface area contributed by atoms with Gasteiger partial charge in [-0.25, -0.2) is 9.18 Å². The van der Waals surface area contributed by atoms with Crippen LogP contribution in [-0.4, -0.2) is 18.0 Å². The fourth-order valence-electron chi connectivity index (χ4n) is 3.66. The molecule has 0 spiro atoms. The number of hydrogen-bond acceptors (Lipinski definition) is 2. The van der Waals surface area contributed by atoms with Crippen molar-refractivity contribution in [2.45, 2.75) is 51.1 Å². The van der Waals surface area contributed by atoms with Gasteiger partial charge in [0, 0.05) is 17.3 Å². The molecule has 2 aromatic carbocycles. The van der Waals surface area contributed by atoms with E-state index in [2.05, 4.69) is 16.0 Å². The van der Waals surface area contributed by atoms with Gasteiger partial charge in [0.15, 0.2) is 0 Å². The van der Waals surface area contributed by atoms with Gasteiger partial charge in [-0.15, -0.1) is 0 Å². The van der Waals surface area contributed by atoms with Crippen LogP contribution in [0.3, 0.4) is 0 Å². The molecule has 3 amide bonds. The maximum atomic E-state index is 13.3. The number of urea groups is 1. The number of rotatable bonds is 5. The summed E-state index contributed by atoms with van der Waals surface area (Å²) in [5.41, 5.74) is 1.61. The van der Waals surface area contributed by atoms with Crippen molar-refractivity contribution >= 4 is 17.6 Å². The lowest BCUT2D eigenvalue weighted by molar-refractivity contribution is 0.0898. The molecule has 0 aromatic heterocycles. The summed E-state index contributed by atoms with van der Waals surface area (Å²) in [5, 5.41) is 8.65. The molecule has 0 radical (unpaired) electrons. The SMILES string of the molecule is CC(C)NC(=O)Nc1ccc(C(=O)NC2(c3ccc(F)cc3)CCCC2)cc1. The number of nitrogens with one attached hydrogen (secondary N) is 3. The Balaban J connectivity index is 1.70. The highest BCUT2D eigenvalue weighted by molar-refractivity contribution is 5.96. The zero-order valence-corrected chi connectivity index (χ0v) is 16.2. The number of amides is 3. The third-order valence-electron chi connectivity index (χ3n) is 5.03. The maximum Gasteiger partial charge on any atom is 0.319 e. The fourth-order valence-corrected chi connectivity index (χ4v) is 3.66. The molecule has 0 saturated heterocycles. The Hall–Kier alpha value is -2.89. The second kappa shape index (κ2) is 8.42. The lowest BCUT2D eigenvalue weighted by atomic mass is 9.87. The Kier molecular flexibility index (Phi) is 5.97. The summed E-state index contributed by atoms with van der Waals surface area (Å²) in [6.07, 6.45) is 3.70. The Morgan fingerprint density at radius 3 is 2.14 bits per heavy atom. The minimum atomic E-state index is -0.459. The Morgan fingerprint density at radius 1 is 0.964 bits per heavy atom. The summed E-state index contributed by atoms with van der Waals surface area (Å²) in [5.74, 6) is -0.461. The van der Waals surface area contributed by atoms with Crippen LogP contribution in [0, 0.1) is 5.82 Å². The van der Waals surface area contributed by atoms with Crippen molar-refractivity contribution in [2.75, 3.05) is 5.32 Å². The highest BCUT2D eigenvalue weighted by Gasteiger charge is 2.37. The number of halogens is 1. The van der Waals surface area contributed by atoms with E-state index >= 15 is 0 Å². The Morgan fingerprint density at radius 2 is 1.57 bits per heavy atom. The largest absolute Gasteiger partial charge is 0.343 e. The first kappa shape index (κ1) is 19.9. The van der Waals surface area contributed by atoms with Crippen LogP contribution in [0.1, 0.15) is 55.5 Å².